The molecule has 0 saturated heterocycles. The Morgan fingerprint density at radius 3 is 2.86 bits per heavy atom. The van der Waals surface area contributed by atoms with Crippen molar-refractivity contribution >= 4 is 38.9 Å². The number of hydrogen-bond donors (Lipinski definition) is 2. The lowest BCUT2D eigenvalue weighted by atomic mass is 10.1. The first-order chi connectivity index (χ1) is 13.8. The Labute approximate surface area is 180 Å². The van der Waals surface area contributed by atoms with E-state index in [4.69, 9.17) is 10.5 Å². The van der Waals surface area contributed by atoms with E-state index < -0.39 is 5.60 Å². The summed E-state index contributed by atoms with van der Waals surface area (Å²) in [6, 6.07) is 0.363. The van der Waals surface area contributed by atoms with Crippen molar-refractivity contribution in [3.05, 3.63) is 18.1 Å². The summed E-state index contributed by atoms with van der Waals surface area (Å²) in [7, 11) is 0. The van der Waals surface area contributed by atoms with Crippen LogP contribution in [0.25, 0.3) is 11.0 Å². The fourth-order valence-electron chi connectivity index (χ4n) is 4.09. The van der Waals surface area contributed by atoms with E-state index in [1.165, 1.54) is 5.56 Å². The quantitative estimate of drug-likeness (QED) is 0.460. The maximum absolute atomic E-state index is 11.9. The number of amides is 1. The third-order valence-corrected chi connectivity index (χ3v) is 5.95. The number of carbonyl (C=O) groups excluding carboxylic acids is 1. The number of nitrogens with one attached hydrogen (secondary N) is 1. The third kappa shape index (κ3) is 5.62. The van der Waals surface area contributed by atoms with Gasteiger partial charge in [-0.2, -0.15) is 0 Å². The SMILES string of the molecule is CC(C)(C)OC(=O)NCC1CCC(n2cc(CCCCBr)c3c(N)ncnc32)C1. The van der Waals surface area contributed by atoms with E-state index in [0.29, 0.717) is 24.3 Å². The molecule has 3 N–H and O–H groups in total. The molecule has 0 spiro atoms. The summed E-state index contributed by atoms with van der Waals surface area (Å²) in [5.74, 6) is 0.990. The average Bonchev–Trinajstić information content (AvgIpc) is 3.24. The van der Waals surface area contributed by atoms with Crippen molar-refractivity contribution < 1.29 is 9.53 Å². The molecule has 2 unspecified atom stereocenters. The van der Waals surface area contributed by atoms with E-state index in [1.807, 2.05) is 20.8 Å². The third-order valence-electron chi connectivity index (χ3n) is 5.39. The van der Waals surface area contributed by atoms with Crippen LogP contribution in [0.5, 0.6) is 0 Å². The van der Waals surface area contributed by atoms with E-state index in [1.54, 1.807) is 6.33 Å². The van der Waals surface area contributed by atoms with Crippen LogP contribution in [-0.2, 0) is 11.2 Å². The fourth-order valence-corrected chi connectivity index (χ4v) is 4.49. The molecular formula is C21H32BrN5O2. The van der Waals surface area contributed by atoms with Crippen molar-refractivity contribution in [3.63, 3.8) is 0 Å². The predicted octanol–water partition coefficient (Wildman–Crippen LogP) is 4.60. The fraction of sp³-hybridized carbons (Fsp3) is 0.667. The summed E-state index contributed by atoms with van der Waals surface area (Å²) in [5.41, 5.74) is 7.88. The van der Waals surface area contributed by atoms with Gasteiger partial charge in [0.1, 0.15) is 23.4 Å². The lowest BCUT2D eigenvalue weighted by Crippen LogP contribution is -2.34. The molecule has 1 aliphatic rings. The molecule has 2 atom stereocenters. The number of nitrogens with two attached hydrogens (primary N) is 1. The molecule has 2 aromatic rings. The number of aromatic nitrogens is 3. The van der Waals surface area contributed by atoms with Crippen LogP contribution in [0.15, 0.2) is 12.5 Å². The van der Waals surface area contributed by atoms with Gasteiger partial charge in [0.2, 0.25) is 0 Å². The summed E-state index contributed by atoms with van der Waals surface area (Å²) in [5, 5.41) is 4.92. The molecule has 2 aromatic heterocycles. The van der Waals surface area contributed by atoms with Gasteiger partial charge >= 0.3 is 6.09 Å². The molecule has 3 rings (SSSR count). The van der Waals surface area contributed by atoms with E-state index in [0.717, 1.165) is 54.9 Å². The maximum Gasteiger partial charge on any atom is 0.407 e. The number of anilines is 1. The van der Waals surface area contributed by atoms with Crippen molar-refractivity contribution in [2.24, 2.45) is 5.92 Å². The largest absolute Gasteiger partial charge is 0.444 e. The van der Waals surface area contributed by atoms with Crippen LogP contribution in [0.3, 0.4) is 0 Å². The number of rotatable bonds is 7. The van der Waals surface area contributed by atoms with Crippen molar-refractivity contribution in [1.82, 2.24) is 19.9 Å². The van der Waals surface area contributed by atoms with Crippen LogP contribution < -0.4 is 11.1 Å². The number of fused-ring (bicyclic) bond motifs is 1. The van der Waals surface area contributed by atoms with Gasteiger partial charge in [0, 0.05) is 24.1 Å². The number of alkyl halides is 1. The van der Waals surface area contributed by atoms with Crippen LogP contribution in [0, 0.1) is 5.92 Å². The van der Waals surface area contributed by atoms with Crippen molar-refractivity contribution in [2.75, 3.05) is 17.6 Å². The smallest absolute Gasteiger partial charge is 0.407 e. The lowest BCUT2D eigenvalue weighted by molar-refractivity contribution is 0.0519. The Morgan fingerprint density at radius 2 is 2.14 bits per heavy atom. The summed E-state index contributed by atoms with van der Waals surface area (Å²) >= 11 is 3.50. The van der Waals surface area contributed by atoms with Gasteiger partial charge in [-0.05, 0) is 70.8 Å². The van der Waals surface area contributed by atoms with E-state index >= 15 is 0 Å². The molecule has 1 amide bonds. The molecule has 160 valence electrons. The second kappa shape index (κ2) is 9.32. The number of carbonyl (C=O) groups is 1. The number of hydrogen-bond acceptors (Lipinski definition) is 5. The highest BCUT2D eigenvalue weighted by molar-refractivity contribution is 9.09. The molecule has 0 radical (unpaired) electrons. The first-order valence-electron chi connectivity index (χ1n) is 10.4. The van der Waals surface area contributed by atoms with Crippen LogP contribution >= 0.6 is 15.9 Å². The lowest BCUT2D eigenvalue weighted by Gasteiger charge is -2.20. The van der Waals surface area contributed by atoms with Crippen LogP contribution in [0.4, 0.5) is 10.6 Å². The zero-order valence-electron chi connectivity index (χ0n) is 17.6. The summed E-state index contributed by atoms with van der Waals surface area (Å²) in [6.45, 7) is 6.26. The number of nitrogens with zero attached hydrogens (tertiary/aromatic N) is 3. The maximum atomic E-state index is 11.9. The molecule has 0 aliphatic heterocycles. The second-order valence-electron chi connectivity index (χ2n) is 8.88. The zero-order valence-corrected chi connectivity index (χ0v) is 19.2. The number of halogens is 1. The summed E-state index contributed by atoms with van der Waals surface area (Å²) < 4.78 is 7.62. The Kier molecular flexibility index (Phi) is 7.03. The highest BCUT2D eigenvalue weighted by atomic mass is 79.9. The molecule has 8 heteroatoms. The molecule has 1 aliphatic carbocycles. The number of aryl methyl sites for hydroxylation is 1. The standard InChI is InChI=1S/C21H32BrN5O2/c1-21(2,3)29-20(28)24-11-14-7-8-16(10-14)27-12-15(6-4-5-9-22)17-18(23)25-13-26-19(17)27/h12-14,16H,4-11H2,1-3H3,(H,24,28)(H2,23,25,26). The Hall–Kier alpha value is -1.83. The highest BCUT2D eigenvalue weighted by Crippen LogP contribution is 2.38. The molecule has 1 fully saturated rings. The molecule has 0 aromatic carbocycles. The van der Waals surface area contributed by atoms with E-state index in [9.17, 15) is 4.79 Å². The van der Waals surface area contributed by atoms with Crippen LogP contribution in [-0.4, -0.2) is 38.1 Å². The van der Waals surface area contributed by atoms with E-state index in [2.05, 4.69) is 42.0 Å². The zero-order chi connectivity index (χ0) is 21.0. The van der Waals surface area contributed by atoms with Gasteiger partial charge in [-0.25, -0.2) is 14.8 Å². The predicted molar refractivity (Wildman–Crippen MR) is 119 cm³/mol. The summed E-state index contributed by atoms with van der Waals surface area (Å²) in [4.78, 5) is 20.7. The van der Waals surface area contributed by atoms with E-state index in [-0.39, 0.29) is 6.09 Å². The number of nitrogen functional groups attached to an aromatic ring is 1. The average molecular weight is 466 g/mol. The topological polar surface area (TPSA) is 95.1 Å². The second-order valence-corrected chi connectivity index (χ2v) is 9.67. The Morgan fingerprint density at radius 1 is 1.34 bits per heavy atom. The minimum absolute atomic E-state index is 0.345. The molecular weight excluding hydrogens is 434 g/mol. The first-order valence-corrected chi connectivity index (χ1v) is 11.5. The molecule has 0 bridgehead atoms. The number of unbranched alkanes of at least 4 members (excludes halogenated alkanes) is 1. The van der Waals surface area contributed by atoms with Gasteiger partial charge in [0.05, 0.1) is 5.39 Å². The van der Waals surface area contributed by atoms with Gasteiger partial charge in [0.15, 0.2) is 0 Å². The van der Waals surface area contributed by atoms with Gasteiger partial charge < -0.3 is 20.4 Å². The van der Waals surface area contributed by atoms with Crippen molar-refractivity contribution in [1.29, 1.82) is 0 Å². The summed E-state index contributed by atoms with van der Waals surface area (Å²) in [6.07, 6.45) is 9.77. The van der Waals surface area contributed by atoms with Crippen molar-refractivity contribution in [2.45, 2.75) is 70.9 Å². The van der Waals surface area contributed by atoms with Crippen LogP contribution in [0.2, 0.25) is 0 Å². The van der Waals surface area contributed by atoms with Gasteiger partial charge in [-0.3, -0.25) is 0 Å². The molecule has 1 saturated carbocycles. The normalized spacial score (nSPS) is 19.6. The minimum atomic E-state index is -0.475. The first kappa shape index (κ1) is 21.9. The molecule has 29 heavy (non-hydrogen) atoms. The van der Waals surface area contributed by atoms with Gasteiger partial charge in [0.25, 0.3) is 0 Å². The van der Waals surface area contributed by atoms with Crippen LogP contribution in [0.1, 0.15) is 64.5 Å². The number of ether oxygens (including phenoxy) is 1. The molecule has 7 nitrogen and oxygen atoms in total. The highest BCUT2D eigenvalue weighted by Gasteiger charge is 2.29. The Balaban J connectivity index is 1.68. The Bertz CT molecular complexity index is 845. The van der Waals surface area contributed by atoms with Gasteiger partial charge in [-0.1, -0.05) is 15.9 Å². The number of alkyl carbamates (subject to hydrolysis) is 1. The minimum Gasteiger partial charge on any atom is -0.444 e. The van der Waals surface area contributed by atoms with Gasteiger partial charge in [-0.15, -0.1) is 0 Å². The van der Waals surface area contributed by atoms with Crippen molar-refractivity contribution in [3.8, 4) is 0 Å². The molecule has 2 heterocycles. The monoisotopic (exact) mass is 465 g/mol.